The van der Waals surface area contributed by atoms with Crippen LogP contribution in [0, 0.1) is 5.41 Å². The number of carbonyl (C=O) groups is 2. The van der Waals surface area contributed by atoms with Gasteiger partial charge in [-0.2, -0.15) is 0 Å². The first kappa shape index (κ1) is 12.2. The van der Waals surface area contributed by atoms with Crippen LogP contribution in [0.3, 0.4) is 0 Å². The molecule has 0 aromatic heterocycles. The quantitative estimate of drug-likeness (QED) is 0.686. The molecule has 5 heteroatoms. The van der Waals surface area contributed by atoms with Crippen molar-refractivity contribution in [2.24, 2.45) is 5.41 Å². The van der Waals surface area contributed by atoms with Gasteiger partial charge < -0.3 is 9.64 Å². The van der Waals surface area contributed by atoms with Crippen molar-refractivity contribution in [3.63, 3.8) is 0 Å². The molecular weight excluding hydrogens is 220 g/mol. The molecule has 96 valence electrons. The SMILES string of the molecule is CC1CC(OC(=O)C2(C)CC2)N(C)C(=O)N1C. The fourth-order valence-corrected chi connectivity index (χ4v) is 1.95. The molecule has 1 heterocycles. The van der Waals surface area contributed by atoms with Gasteiger partial charge in [0.1, 0.15) is 0 Å². The predicted octanol–water partition coefficient (Wildman–Crippen LogP) is 1.43. The zero-order chi connectivity index (χ0) is 12.8. The average Bonchev–Trinajstić information content (AvgIpc) is 3.02. The predicted molar refractivity (Wildman–Crippen MR) is 62.2 cm³/mol. The van der Waals surface area contributed by atoms with Gasteiger partial charge in [-0.25, -0.2) is 4.79 Å². The minimum atomic E-state index is -0.418. The smallest absolute Gasteiger partial charge is 0.322 e. The highest BCUT2D eigenvalue weighted by Crippen LogP contribution is 2.46. The van der Waals surface area contributed by atoms with Gasteiger partial charge in [0, 0.05) is 26.6 Å². The van der Waals surface area contributed by atoms with E-state index in [1.807, 2.05) is 13.8 Å². The molecule has 2 atom stereocenters. The van der Waals surface area contributed by atoms with E-state index in [1.165, 1.54) is 4.90 Å². The molecule has 1 aliphatic carbocycles. The van der Waals surface area contributed by atoms with Crippen LogP contribution in [0.2, 0.25) is 0 Å². The van der Waals surface area contributed by atoms with Gasteiger partial charge in [-0.15, -0.1) is 0 Å². The van der Waals surface area contributed by atoms with Crippen molar-refractivity contribution >= 4 is 12.0 Å². The van der Waals surface area contributed by atoms with E-state index < -0.39 is 6.23 Å². The van der Waals surface area contributed by atoms with Gasteiger partial charge >= 0.3 is 12.0 Å². The van der Waals surface area contributed by atoms with Gasteiger partial charge in [0.05, 0.1) is 5.41 Å². The topological polar surface area (TPSA) is 49.9 Å². The van der Waals surface area contributed by atoms with Crippen molar-refractivity contribution in [1.29, 1.82) is 0 Å². The minimum absolute atomic E-state index is 0.0949. The Morgan fingerprint density at radius 1 is 1.35 bits per heavy atom. The van der Waals surface area contributed by atoms with Crippen molar-refractivity contribution < 1.29 is 14.3 Å². The summed E-state index contributed by atoms with van der Waals surface area (Å²) in [5.41, 5.74) is -0.295. The summed E-state index contributed by atoms with van der Waals surface area (Å²) in [7, 11) is 3.45. The van der Waals surface area contributed by atoms with Crippen LogP contribution in [0.25, 0.3) is 0 Å². The number of rotatable bonds is 2. The Labute approximate surface area is 102 Å². The summed E-state index contributed by atoms with van der Waals surface area (Å²) in [5.74, 6) is -0.168. The zero-order valence-corrected chi connectivity index (χ0v) is 10.9. The number of amides is 2. The van der Waals surface area contributed by atoms with Crippen molar-refractivity contribution in [1.82, 2.24) is 9.80 Å². The molecule has 2 fully saturated rings. The van der Waals surface area contributed by atoms with Crippen LogP contribution in [-0.4, -0.2) is 48.2 Å². The van der Waals surface area contributed by atoms with Gasteiger partial charge in [-0.05, 0) is 26.7 Å². The molecule has 1 saturated heterocycles. The second-order valence-corrected chi connectivity index (χ2v) is 5.51. The standard InChI is InChI=1S/C12H20N2O3/c1-8-7-9(14(4)11(16)13(8)3)17-10(15)12(2)5-6-12/h8-9H,5-7H2,1-4H3. The summed E-state index contributed by atoms with van der Waals surface area (Å²) in [4.78, 5) is 26.9. The number of hydrogen-bond donors (Lipinski definition) is 0. The highest BCUT2D eigenvalue weighted by Gasteiger charge is 2.48. The summed E-state index contributed by atoms with van der Waals surface area (Å²) >= 11 is 0. The summed E-state index contributed by atoms with van der Waals surface area (Å²) in [5, 5.41) is 0. The Morgan fingerprint density at radius 2 is 1.94 bits per heavy atom. The van der Waals surface area contributed by atoms with Gasteiger partial charge in [0.25, 0.3) is 0 Å². The Bertz CT molecular complexity index is 352. The first-order valence-electron chi connectivity index (χ1n) is 6.06. The number of urea groups is 1. The third-order valence-corrected chi connectivity index (χ3v) is 3.98. The fourth-order valence-electron chi connectivity index (χ4n) is 1.95. The highest BCUT2D eigenvalue weighted by atomic mass is 16.6. The lowest BCUT2D eigenvalue weighted by atomic mass is 10.1. The third-order valence-electron chi connectivity index (χ3n) is 3.98. The first-order chi connectivity index (χ1) is 7.85. The van der Waals surface area contributed by atoms with Crippen LogP contribution in [0.5, 0.6) is 0 Å². The number of carbonyl (C=O) groups excluding carboxylic acids is 2. The van der Waals surface area contributed by atoms with E-state index in [2.05, 4.69) is 0 Å². The molecule has 0 N–H and O–H groups in total. The van der Waals surface area contributed by atoms with Crippen molar-refractivity contribution in [2.45, 2.75) is 45.4 Å². The lowest BCUT2D eigenvalue weighted by Gasteiger charge is -2.41. The van der Waals surface area contributed by atoms with E-state index in [1.54, 1.807) is 19.0 Å². The second-order valence-electron chi connectivity index (χ2n) is 5.51. The minimum Gasteiger partial charge on any atom is -0.441 e. The fraction of sp³-hybridized carbons (Fsp3) is 0.833. The van der Waals surface area contributed by atoms with Crippen LogP contribution in [0.15, 0.2) is 0 Å². The van der Waals surface area contributed by atoms with Crippen LogP contribution >= 0.6 is 0 Å². The van der Waals surface area contributed by atoms with Crippen LogP contribution in [0.1, 0.15) is 33.1 Å². The van der Waals surface area contributed by atoms with Gasteiger partial charge in [0.2, 0.25) is 0 Å². The Morgan fingerprint density at radius 3 is 2.47 bits per heavy atom. The Kier molecular flexibility index (Phi) is 2.79. The molecule has 17 heavy (non-hydrogen) atoms. The first-order valence-corrected chi connectivity index (χ1v) is 6.06. The van der Waals surface area contributed by atoms with E-state index >= 15 is 0 Å². The number of hydrogen-bond acceptors (Lipinski definition) is 3. The maximum atomic E-state index is 11.9. The van der Waals surface area contributed by atoms with E-state index in [9.17, 15) is 9.59 Å². The average molecular weight is 240 g/mol. The Balaban J connectivity index is 2.01. The highest BCUT2D eigenvalue weighted by molar-refractivity contribution is 5.80. The molecule has 0 bridgehead atoms. The normalized spacial score (nSPS) is 31.4. The van der Waals surface area contributed by atoms with Crippen molar-refractivity contribution in [2.75, 3.05) is 14.1 Å². The lowest BCUT2D eigenvalue weighted by molar-refractivity contribution is -0.165. The maximum absolute atomic E-state index is 11.9. The molecule has 0 aromatic carbocycles. The zero-order valence-electron chi connectivity index (χ0n) is 10.9. The molecule has 1 aliphatic heterocycles. The van der Waals surface area contributed by atoms with Gasteiger partial charge in [-0.3, -0.25) is 9.69 Å². The molecule has 0 radical (unpaired) electrons. The van der Waals surface area contributed by atoms with Gasteiger partial charge in [-0.1, -0.05) is 0 Å². The van der Waals surface area contributed by atoms with E-state index in [-0.39, 0.29) is 23.5 Å². The molecule has 1 saturated carbocycles. The molecular formula is C12H20N2O3. The maximum Gasteiger partial charge on any atom is 0.322 e. The van der Waals surface area contributed by atoms with Crippen molar-refractivity contribution in [3.05, 3.63) is 0 Å². The third kappa shape index (κ3) is 2.10. The molecule has 2 aliphatic rings. The number of ether oxygens (including phenoxy) is 1. The van der Waals surface area contributed by atoms with Crippen LogP contribution in [-0.2, 0) is 9.53 Å². The molecule has 0 spiro atoms. The lowest BCUT2D eigenvalue weighted by Crippen LogP contribution is -2.56. The number of nitrogens with zero attached hydrogens (tertiary/aromatic N) is 2. The molecule has 5 nitrogen and oxygen atoms in total. The number of esters is 1. The molecule has 2 amide bonds. The molecule has 2 rings (SSSR count). The van der Waals surface area contributed by atoms with Crippen LogP contribution in [0.4, 0.5) is 4.79 Å². The van der Waals surface area contributed by atoms with E-state index in [0.717, 1.165) is 12.8 Å². The monoisotopic (exact) mass is 240 g/mol. The van der Waals surface area contributed by atoms with Crippen molar-refractivity contribution in [3.8, 4) is 0 Å². The second kappa shape index (κ2) is 3.89. The van der Waals surface area contributed by atoms with Crippen LogP contribution < -0.4 is 0 Å². The van der Waals surface area contributed by atoms with E-state index in [0.29, 0.717) is 6.42 Å². The van der Waals surface area contributed by atoms with E-state index in [4.69, 9.17) is 4.74 Å². The molecule has 0 aromatic rings. The summed E-state index contributed by atoms with van der Waals surface area (Å²) in [6.45, 7) is 3.88. The largest absolute Gasteiger partial charge is 0.441 e. The summed E-state index contributed by atoms with van der Waals surface area (Å²) < 4.78 is 5.46. The van der Waals surface area contributed by atoms with Gasteiger partial charge in [0.15, 0.2) is 6.23 Å². The Hall–Kier alpha value is -1.26. The molecule has 2 unspecified atom stereocenters. The summed E-state index contributed by atoms with van der Waals surface area (Å²) in [6.07, 6.45) is 2.04. The summed E-state index contributed by atoms with van der Waals surface area (Å²) in [6, 6.07) is 0.00556.